The van der Waals surface area contributed by atoms with E-state index in [9.17, 15) is 4.79 Å². The summed E-state index contributed by atoms with van der Waals surface area (Å²) < 4.78 is 4.87. The summed E-state index contributed by atoms with van der Waals surface area (Å²) in [6.45, 7) is 8.61. The molecule has 0 saturated carbocycles. The van der Waals surface area contributed by atoms with Crippen LogP contribution in [0.5, 0.6) is 0 Å². The van der Waals surface area contributed by atoms with E-state index in [2.05, 4.69) is 34.1 Å². The Kier molecular flexibility index (Phi) is 4.65. The summed E-state index contributed by atoms with van der Waals surface area (Å²) in [7, 11) is 1.46. The van der Waals surface area contributed by atoms with Gasteiger partial charge in [0, 0.05) is 38.4 Å². The van der Waals surface area contributed by atoms with Crippen LogP contribution in [-0.4, -0.2) is 50.7 Å². The molecule has 1 fully saturated rings. The largest absolute Gasteiger partial charge is 0.469 e. The normalized spacial score (nSPS) is 17.1. The number of esters is 1. The summed E-state index contributed by atoms with van der Waals surface area (Å²) in [6.07, 6.45) is 0. The molecule has 0 aromatic heterocycles. The fourth-order valence-corrected chi connectivity index (χ4v) is 2.70. The van der Waals surface area contributed by atoms with Crippen molar-refractivity contribution in [2.45, 2.75) is 13.8 Å². The van der Waals surface area contributed by atoms with Gasteiger partial charge in [-0.1, -0.05) is 18.2 Å². The van der Waals surface area contributed by atoms with Crippen LogP contribution in [0.25, 0.3) is 0 Å². The topological polar surface area (TPSA) is 32.8 Å². The molecule has 0 atom stereocenters. The van der Waals surface area contributed by atoms with E-state index in [1.165, 1.54) is 12.8 Å². The molecule has 4 nitrogen and oxygen atoms in total. The zero-order valence-corrected chi connectivity index (χ0v) is 12.6. The van der Waals surface area contributed by atoms with Crippen molar-refractivity contribution in [3.63, 3.8) is 0 Å². The molecule has 110 valence electrons. The van der Waals surface area contributed by atoms with Crippen LogP contribution in [0.3, 0.4) is 0 Å². The van der Waals surface area contributed by atoms with Gasteiger partial charge < -0.3 is 9.64 Å². The molecule has 1 aromatic carbocycles. The maximum absolute atomic E-state index is 11.7. The lowest BCUT2D eigenvalue weighted by atomic mass is 9.92. The van der Waals surface area contributed by atoms with E-state index in [4.69, 9.17) is 4.74 Å². The average molecular weight is 276 g/mol. The zero-order chi connectivity index (χ0) is 14.6. The Hall–Kier alpha value is -1.55. The van der Waals surface area contributed by atoms with Crippen molar-refractivity contribution >= 4 is 11.7 Å². The number of methoxy groups -OCH3 is 1. The highest BCUT2D eigenvalue weighted by atomic mass is 16.5. The molecule has 1 aliphatic rings. The number of carbonyl (C=O) groups excluding carboxylic acids is 1. The third-order valence-corrected chi connectivity index (χ3v) is 3.85. The summed E-state index contributed by atoms with van der Waals surface area (Å²) in [5, 5.41) is 0. The van der Waals surface area contributed by atoms with Crippen LogP contribution < -0.4 is 4.90 Å². The molecule has 1 saturated heterocycles. The molecule has 0 unspecified atom stereocenters. The summed E-state index contributed by atoms with van der Waals surface area (Å²) >= 11 is 0. The highest BCUT2D eigenvalue weighted by Crippen LogP contribution is 2.21. The zero-order valence-electron chi connectivity index (χ0n) is 12.6. The Labute approximate surface area is 121 Å². The Morgan fingerprint density at radius 2 is 1.75 bits per heavy atom. The molecule has 0 amide bonds. The second kappa shape index (κ2) is 6.27. The third-order valence-electron chi connectivity index (χ3n) is 3.85. The number of anilines is 1. The average Bonchev–Trinajstić information content (AvgIpc) is 2.47. The van der Waals surface area contributed by atoms with Crippen molar-refractivity contribution < 1.29 is 9.53 Å². The van der Waals surface area contributed by atoms with Crippen LogP contribution in [0, 0.1) is 5.41 Å². The number of rotatable bonds is 4. The minimum absolute atomic E-state index is 0.136. The van der Waals surface area contributed by atoms with Gasteiger partial charge >= 0.3 is 5.97 Å². The van der Waals surface area contributed by atoms with Crippen LogP contribution in [-0.2, 0) is 9.53 Å². The molecule has 0 aliphatic carbocycles. The second-order valence-electron chi connectivity index (χ2n) is 5.97. The van der Waals surface area contributed by atoms with Crippen molar-refractivity contribution in [1.82, 2.24) is 4.90 Å². The first-order valence-electron chi connectivity index (χ1n) is 7.14. The highest BCUT2D eigenvalue weighted by Gasteiger charge is 2.32. The fourth-order valence-electron chi connectivity index (χ4n) is 2.70. The van der Waals surface area contributed by atoms with Gasteiger partial charge in [0.05, 0.1) is 12.5 Å². The van der Waals surface area contributed by atoms with Crippen molar-refractivity contribution in [2.24, 2.45) is 5.41 Å². The molecule has 1 heterocycles. The molecule has 2 rings (SSSR count). The molecule has 1 aliphatic heterocycles. The Morgan fingerprint density at radius 3 is 2.30 bits per heavy atom. The van der Waals surface area contributed by atoms with Crippen molar-refractivity contribution in [3.8, 4) is 0 Å². The maximum atomic E-state index is 11.7. The first kappa shape index (κ1) is 14.9. The predicted octanol–water partition coefficient (Wildman–Crippen LogP) is 2.01. The van der Waals surface area contributed by atoms with E-state index in [0.29, 0.717) is 0 Å². The number of carbonyl (C=O) groups is 1. The first-order valence-corrected chi connectivity index (χ1v) is 7.14. The lowest BCUT2D eigenvalue weighted by Gasteiger charge is -2.38. The number of piperazine rings is 1. The standard InChI is InChI=1S/C16H24N2O2/c1-16(2,15(19)20-3)13-17-9-11-18(12-10-17)14-7-5-4-6-8-14/h4-8H,9-13H2,1-3H3. The number of nitrogens with zero attached hydrogens (tertiary/aromatic N) is 2. The van der Waals surface area contributed by atoms with E-state index >= 15 is 0 Å². The van der Waals surface area contributed by atoms with Crippen molar-refractivity contribution in [2.75, 3.05) is 44.7 Å². The molecule has 0 bridgehead atoms. The summed E-state index contributed by atoms with van der Waals surface area (Å²) in [6, 6.07) is 10.5. The van der Waals surface area contributed by atoms with Gasteiger partial charge in [0.2, 0.25) is 0 Å². The second-order valence-corrected chi connectivity index (χ2v) is 5.97. The lowest BCUT2D eigenvalue weighted by Crippen LogP contribution is -2.50. The van der Waals surface area contributed by atoms with E-state index < -0.39 is 5.41 Å². The van der Waals surface area contributed by atoms with Gasteiger partial charge in [-0.05, 0) is 26.0 Å². The monoisotopic (exact) mass is 276 g/mol. The molecular weight excluding hydrogens is 252 g/mol. The Bertz CT molecular complexity index is 437. The molecule has 1 aromatic rings. The Balaban J connectivity index is 1.87. The van der Waals surface area contributed by atoms with Gasteiger partial charge in [-0.2, -0.15) is 0 Å². The number of ether oxygens (including phenoxy) is 1. The van der Waals surface area contributed by atoms with Gasteiger partial charge in [-0.15, -0.1) is 0 Å². The first-order chi connectivity index (χ1) is 9.53. The molecule has 0 spiro atoms. The van der Waals surface area contributed by atoms with Gasteiger partial charge in [0.15, 0.2) is 0 Å². The van der Waals surface area contributed by atoms with E-state index in [0.717, 1.165) is 32.7 Å². The molecule has 0 N–H and O–H groups in total. The van der Waals surface area contributed by atoms with Crippen LogP contribution in [0.4, 0.5) is 5.69 Å². The predicted molar refractivity (Wildman–Crippen MR) is 80.9 cm³/mol. The van der Waals surface area contributed by atoms with E-state index in [1.807, 2.05) is 19.9 Å². The fraction of sp³-hybridized carbons (Fsp3) is 0.562. The third kappa shape index (κ3) is 3.51. The van der Waals surface area contributed by atoms with Gasteiger partial charge in [0.25, 0.3) is 0 Å². The number of para-hydroxylation sites is 1. The molecule has 4 heteroatoms. The maximum Gasteiger partial charge on any atom is 0.312 e. The van der Waals surface area contributed by atoms with Crippen LogP contribution in [0.15, 0.2) is 30.3 Å². The molecule has 0 radical (unpaired) electrons. The molecule has 20 heavy (non-hydrogen) atoms. The smallest absolute Gasteiger partial charge is 0.312 e. The molecular formula is C16H24N2O2. The quantitative estimate of drug-likeness (QED) is 0.788. The van der Waals surface area contributed by atoms with Gasteiger partial charge in [-0.25, -0.2) is 0 Å². The number of hydrogen-bond acceptors (Lipinski definition) is 4. The summed E-state index contributed by atoms with van der Waals surface area (Å²) in [5.74, 6) is -0.136. The van der Waals surface area contributed by atoms with E-state index in [1.54, 1.807) is 0 Å². The van der Waals surface area contributed by atoms with Crippen LogP contribution in [0.2, 0.25) is 0 Å². The van der Waals surface area contributed by atoms with Gasteiger partial charge in [-0.3, -0.25) is 9.69 Å². The Morgan fingerprint density at radius 1 is 1.15 bits per heavy atom. The summed E-state index contributed by atoms with van der Waals surface area (Å²) in [4.78, 5) is 16.5. The van der Waals surface area contributed by atoms with Crippen molar-refractivity contribution in [3.05, 3.63) is 30.3 Å². The number of benzene rings is 1. The van der Waals surface area contributed by atoms with Gasteiger partial charge in [0.1, 0.15) is 0 Å². The number of hydrogen-bond donors (Lipinski definition) is 0. The lowest BCUT2D eigenvalue weighted by molar-refractivity contribution is -0.151. The van der Waals surface area contributed by atoms with Crippen molar-refractivity contribution in [1.29, 1.82) is 0 Å². The minimum atomic E-state index is -0.441. The SMILES string of the molecule is COC(=O)C(C)(C)CN1CCN(c2ccccc2)CC1. The highest BCUT2D eigenvalue weighted by molar-refractivity contribution is 5.76. The van der Waals surface area contributed by atoms with Crippen LogP contribution >= 0.6 is 0 Å². The van der Waals surface area contributed by atoms with E-state index in [-0.39, 0.29) is 5.97 Å². The minimum Gasteiger partial charge on any atom is -0.469 e. The van der Waals surface area contributed by atoms with Crippen LogP contribution in [0.1, 0.15) is 13.8 Å². The summed E-state index contributed by atoms with van der Waals surface area (Å²) in [5.41, 5.74) is 0.836.